The number of esters is 1. The number of hydrogen-bond acceptors (Lipinski definition) is 4. The molecule has 1 aliphatic heterocycles. The summed E-state index contributed by atoms with van der Waals surface area (Å²) in [5.74, 6) is -0.447. The lowest BCUT2D eigenvalue weighted by Gasteiger charge is -2.22. The largest absolute Gasteiger partial charge is 0.466 e. The summed E-state index contributed by atoms with van der Waals surface area (Å²) in [5.41, 5.74) is 0. The average Bonchev–Trinajstić information content (AvgIpc) is 2.63. The van der Waals surface area contributed by atoms with Crippen LogP contribution in [-0.2, 0) is 14.3 Å². The molecule has 16 heavy (non-hydrogen) atoms. The molecule has 5 heteroatoms. The quantitative estimate of drug-likeness (QED) is 0.653. The molecule has 0 unspecified atom stereocenters. The molecule has 1 heterocycles. The van der Waals surface area contributed by atoms with Crippen LogP contribution in [0.3, 0.4) is 0 Å². The molecule has 0 aliphatic carbocycles. The van der Waals surface area contributed by atoms with Crippen LogP contribution < -0.4 is 10.6 Å². The van der Waals surface area contributed by atoms with Gasteiger partial charge in [0.2, 0.25) is 5.91 Å². The maximum atomic E-state index is 11.5. The summed E-state index contributed by atoms with van der Waals surface area (Å²) >= 11 is 0. The third kappa shape index (κ3) is 3.20. The Morgan fingerprint density at radius 3 is 2.81 bits per heavy atom. The van der Waals surface area contributed by atoms with Gasteiger partial charge in [0.1, 0.15) is 0 Å². The van der Waals surface area contributed by atoms with E-state index in [-0.39, 0.29) is 29.9 Å². The highest BCUT2D eigenvalue weighted by atomic mass is 16.5. The fraction of sp³-hybridized carbons (Fsp3) is 0.818. The number of hydrogen-bond donors (Lipinski definition) is 2. The van der Waals surface area contributed by atoms with Gasteiger partial charge in [-0.15, -0.1) is 0 Å². The Kier molecular flexibility index (Phi) is 4.73. The van der Waals surface area contributed by atoms with E-state index in [2.05, 4.69) is 10.6 Å². The first kappa shape index (κ1) is 13.0. The second kappa shape index (κ2) is 5.84. The normalized spacial score (nSPS) is 23.7. The van der Waals surface area contributed by atoms with Crippen molar-refractivity contribution >= 4 is 11.9 Å². The predicted octanol–water partition coefficient (Wildman–Crippen LogP) is 0.0522. The van der Waals surface area contributed by atoms with Crippen molar-refractivity contribution in [3.63, 3.8) is 0 Å². The summed E-state index contributed by atoms with van der Waals surface area (Å²) < 4.78 is 4.94. The Morgan fingerprint density at radius 1 is 1.62 bits per heavy atom. The Bertz CT molecular complexity index is 268. The first-order valence-electron chi connectivity index (χ1n) is 5.76. The maximum Gasteiger partial charge on any atom is 0.310 e. The van der Waals surface area contributed by atoms with E-state index in [1.165, 1.54) is 0 Å². The van der Waals surface area contributed by atoms with Gasteiger partial charge in [-0.2, -0.15) is 0 Å². The maximum absolute atomic E-state index is 11.5. The van der Waals surface area contributed by atoms with Gasteiger partial charge in [0.05, 0.1) is 18.6 Å². The van der Waals surface area contributed by atoms with Gasteiger partial charge in [-0.05, 0) is 20.3 Å². The summed E-state index contributed by atoms with van der Waals surface area (Å²) in [6.45, 7) is 6.58. The van der Waals surface area contributed by atoms with E-state index in [9.17, 15) is 9.59 Å². The third-order valence-electron chi connectivity index (χ3n) is 2.92. The smallest absolute Gasteiger partial charge is 0.310 e. The summed E-state index contributed by atoms with van der Waals surface area (Å²) in [4.78, 5) is 22.8. The predicted molar refractivity (Wildman–Crippen MR) is 59.8 cm³/mol. The number of ether oxygens (including phenoxy) is 1. The van der Waals surface area contributed by atoms with E-state index in [0.717, 1.165) is 6.42 Å². The second-order valence-corrected chi connectivity index (χ2v) is 4.13. The molecule has 0 aromatic carbocycles. The minimum atomic E-state index is -0.242. The SMILES string of the molecule is CCOC(=O)[C@H](C)[C@H](C)N[C@@H]1CCNC1=O. The number of amides is 1. The first-order chi connectivity index (χ1) is 7.56. The van der Waals surface area contributed by atoms with Crippen molar-refractivity contribution in [2.75, 3.05) is 13.2 Å². The molecule has 1 aliphatic rings. The van der Waals surface area contributed by atoms with E-state index < -0.39 is 0 Å². The molecule has 2 N–H and O–H groups in total. The number of carbonyl (C=O) groups is 2. The lowest BCUT2D eigenvalue weighted by atomic mass is 10.0. The van der Waals surface area contributed by atoms with Crippen LogP contribution in [0.2, 0.25) is 0 Å². The van der Waals surface area contributed by atoms with Crippen molar-refractivity contribution in [2.24, 2.45) is 5.92 Å². The Labute approximate surface area is 95.9 Å². The molecule has 1 rings (SSSR count). The number of nitrogens with one attached hydrogen (secondary N) is 2. The molecule has 0 bridgehead atoms. The van der Waals surface area contributed by atoms with Crippen LogP contribution in [0.25, 0.3) is 0 Å². The van der Waals surface area contributed by atoms with E-state index >= 15 is 0 Å². The fourth-order valence-electron chi connectivity index (χ4n) is 1.69. The highest BCUT2D eigenvalue weighted by Crippen LogP contribution is 2.09. The van der Waals surface area contributed by atoms with Gasteiger partial charge >= 0.3 is 5.97 Å². The van der Waals surface area contributed by atoms with Gasteiger partial charge < -0.3 is 15.4 Å². The van der Waals surface area contributed by atoms with Crippen molar-refractivity contribution in [3.05, 3.63) is 0 Å². The zero-order valence-corrected chi connectivity index (χ0v) is 10.1. The average molecular weight is 228 g/mol. The number of rotatable bonds is 5. The van der Waals surface area contributed by atoms with Crippen molar-refractivity contribution < 1.29 is 14.3 Å². The van der Waals surface area contributed by atoms with E-state index in [4.69, 9.17) is 4.74 Å². The van der Waals surface area contributed by atoms with Crippen LogP contribution in [0, 0.1) is 5.92 Å². The van der Waals surface area contributed by atoms with Gasteiger partial charge in [0.15, 0.2) is 0 Å². The van der Waals surface area contributed by atoms with Crippen LogP contribution in [0.5, 0.6) is 0 Å². The first-order valence-corrected chi connectivity index (χ1v) is 5.76. The van der Waals surface area contributed by atoms with Crippen molar-refractivity contribution in [2.45, 2.75) is 39.3 Å². The topological polar surface area (TPSA) is 67.4 Å². The Hall–Kier alpha value is -1.10. The zero-order valence-electron chi connectivity index (χ0n) is 10.1. The lowest BCUT2D eigenvalue weighted by Crippen LogP contribution is -2.46. The molecule has 0 saturated carbocycles. The lowest BCUT2D eigenvalue weighted by molar-refractivity contribution is -0.148. The Balaban J connectivity index is 2.41. The standard InChI is InChI=1S/C11H20N2O3/c1-4-16-11(15)7(2)8(3)13-9-5-6-12-10(9)14/h7-9,13H,4-6H2,1-3H3,(H,12,14)/t7-,8+,9-/m1/s1. The monoisotopic (exact) mass is 228 g/mol. The zero-order chi connectivity index (χ0) is 12.1. The summed E-state index contributed by atoms with van der Waals surface area (Å²) in [7, 11) is 0. The van der Waals surface area contributed by atoms with Crippen molar-refractivity contribution in [1.29, 1.82) is 0 Å². The van der Waals surface area contributed by atoms with Crippen LogP contribution in [0.1, 0.15) is 27.2 Å². The van der Waals surface area contributed by atoms with Crippen LogP contribution in [0.15, 0.2) is 0 Å². The van der Waals surface area contributed by atoms with Gasteiger partial charge in [-0.1, -0.05) is 6.92 Å². The molecular weight excluding hydrogens is 208 g/mol. The third-order valence-corrected chi connectivity index (χ3v) is 2.92. The van der Waals surface area contributed by atoms with Gasteiger partial charge in [-0.3, -0.25) is 9.59 Å². The summed E-state index contributed by atoms with van der Waals surface area (Å²) in [6.07, 6.45) is 0.777. The molecular formula is C11H20N2O3. The summed E-state index contributed by atoms with van der Waals surface area (Å²) in [5, 5.41) is 5.91. The highest BCUT2D eigenvalue weighted by Gasteiger charge is 2.29. The van der Waals surface area contributed by atoms with Crippen molar-refractivity contribution in [1.82, 2.24) is 10.6 Å². The minimum Gasteiger partial charge on any atom is -0.466 e. The van der Waals surface area contributed by atoms with Gasteiger partial charge in [0, 0.05) is 12.6 Å². The fourth-order valence-corrected chi connectivity index (χ4v) is 1.69. The molecule has 0 radical (unpaired) electrons. The molecule has 5 nitrogen and oxygen atoms in total. The Morgan fingerprint density at radius 2 is 2.31 bits per heavy atom. The van der Waals surface area contributed by atoms with Gasteiger partial charge in [0.25, 0.3) is 0 Å². The highest BCUT2D eigenvalue weighted by molar-refractivity contribution is 5.83. The molecule has 1 amide bonds. The van der Waals surface area contributed by atoms with Crippen LogP contribution in [-0.4, -0.2) is 37.1 Å². The molecule has 1 fully saturated rings. The van der Waals surface area contributed by atoms with Crippen LogP contribution >= 0.6 is 0 Å². The second-order valence-electron chi connectivity index (χ2n) is 4.13. The molecule has 0 spiro atoms. The molecule has 92 valence electrons. The van der Waals surface area contributed by atoms with Crippen molar-refractivity contribution in [3.8, 4) is 0 Å². The molecule has 0 aromatic rings. The minimum absolute atomic E-state index is 0.0166. The molecule has 3 atom stereocenters. The van der Waals surface area contributed by atoms with E-state index in [1.54, 1.807) is 6.92 Å². The molecule has 1 saturated heterocycles. The summed E-state index contributed by atoms with van der Waals surface area (Å²) in [6, 6.07) is -0.236. The molecule has 0 aromatic heterocycles. The van der Waals surface area contributed by atoms with E-state index in [1.807, 2.05) is 13.8 Å². The van der Waals surface area contributed by atoms with Gasteiger partial charge in [-0.25, -0.2) is 0 Å². The van der Waals surface area contributed by atoms with Crippen LogP contribution in [0.4, 0.5) is 0 Å². The van der Waals surface area contributed by atoms with E-state index in [0.29, 0.717) is 13.2 Å². The number of carbonyl (C=O) groups excluding carboxylic acids is 2.